The number of aliphatic carboxylic acids is 1. The van der Waals surface area contributed by atoms with Gasteiger partial charge in [0.2, 0.25) is 5.91 Å². The van der Waals surface area contributed by atoms with E-state index in [1.807, 2.05) is 31.2 Å². The molecule has 3 aromatic rings. The lowest BCUT2D eigenvalue weighted by Gasteiger charge is -2.28. The van der Waals surface area contributed by atoms with Crippen LogP contribution in [0.25, 0.3) is 0 Å². The maximum Gasteiger partial charge on any atom is 0.323 e. The fourth-order valence-corrected chi connectivity index (χ4v) is 5.55. The van der Waals surface area contributed by atoms with Crippen LogP contribution in [0, 0.1) is 6.92 Å². The highest BCUT2D eigenvalue weighted by molar-refractivity contribution is 6.10. The molecule has 4 rings (SSSR count). The molecule has 0 bridgehead atoms. The van der Waals surface area contributed by atoms with Crippen LogP contribution < -0.4 is 20.9 Å². The fraction of sp³-hybridized carbons (Fsp3) is 0.351. The number of hydrogen-bond acceptors (Lipinski definition) is 8. The van der Waals surface area contributed by atoms with Gasteiger partial charge >= 0.3 is 18.0 Å². The molecule has 3 aromatic carbocycles. The molecule has 4 N–H and O–H groups in total. The second-order valence-corrected chi connectivity index (χ2v) is 12.7. The average Bonchev–Trinajstić information content (AvgIpc) is 3.15. The van der Waals surface area contributed by atoms with Gasteiger partial charge in [-0.25, -0.2) is 4.79 Å². The summed E-state index contributed by atoms with van der Waals surface area (Å²) in [5.74, 6) is -2.79. The summed E-state index contributed by atoms with van der Waals surface area (Å²) in [4.78, 5) is 79.3. The van der Waals surface area contributed by atoms with Gasteiger partial charge in [-0.3, -0.25) is 24.0 Å². The summed E-state index contributed by atoms with van der Waals surface area (Å²) < 4.78 is 5.01. The van der Waals surface area contributed by atoms with Crippen LogP contribution in [-0.2, 0) is 30.3 Å². The summed E-state index contributed by atoms with van der Waals surface area (Å²) in [6.07, 6.45) is -0.387. The maximum absolute atomic E-state index is 13.8. The van der Waals surface area contributed by atoms with E-state index in [4.69, 9.17) is 4.74 Å². The number of anilines is 4. The number of fused-ring (bicyclic) bond motifs is 1. The molecule has 264 valence electrons. The number of carbonyl (C=O) groups is 6. The third-order valence-electron chi connectivity index (χ3n) is 8.36. The van der Waals surface area contributed by atoms with Crippen molar-refractivity contribution in [3.05, 3.63) is 83.4 Å². The van der Waals surface area contributed by atoms with E-state index in [-0.39, 0.29) is 56.0 Å². The molecule has 1 unspecified atom stereocenters. The lowest BCUT2D eigenvalue weighted by Crippen LogP contribution is -2.44. The van der Waals surface area contributed by atoms with Gasteiger partial charge in [0.25, 0.3) is 5.91 Å². The number of hydrogen-bond donors (Lipinski definition) is 4. The maximum atomic E-state index is 13.8. The number of amides is 4. The minimum Gasteiger partial charge on any atom is -0.481 e. The zero-order valence-electron chi connectivity index (χ0n) is 28.9. The smallest absolute Gasteiger partial charge is 0.323 e. The molecule has 0 saturated heterocycles. The summed E-state index contributed by atoms with van der Waals surface area (Å²) >= 11 is 0. The summed E-state index contributed by atoms with van der Waals surface area (Å²) in [5, 5.41) is 18.2. The number of ether oxygens (including phenoxy) is 1. The first-order valence-electron chi connectivity index (χ1n) is 16.3. The lowest BCUT2D eigenvalue weighted by atomic mass is 9.93. The van der Waals surface area contributed by atoms with Gasteiger partial charge in [0.15, 0.2) is 5.78 Å². The average molecular weight is 686 g/mol. The van der Waals surface area contributed by atoms with E-state index in [1.165, 1.54) is 15.9 Å². The second-order valence-electron chi connectivity index (χ2n) is 12.7. The molecule has 0 saturated carbocycles. The number of Topliss-reactive ketones (excluding diaryl/α,β-unsaturated/α-hetero) is 1. The molecular formula is C37H43N5O8. The minimum absolute atomic E-state index is 0.0401. The van der Waals surface area contributed by atoms with Crippen molar-refractivity contribution < 1.29 is 38.6 Å². The first kappa shape index (κ1) is 37.1. The van der Waals surface area contributed by atoms with Crippen LogP contribution >= 0.6 is 0 Å². The Hall–Kier alpha value is -5.72. The van der Waals surface area contributed by atoms with Crippen molar-refractivity contribution in [1.29, 1.82) is 0 Å². The van der Waals surface area contributed by atoms with Crippen molar-refractivity contribution in [2.75, 3.05) is 40.5 Å². The fourth-order valence-electron chi connectivity index (χ4n) is 5.55. The largest absolute Gasteiger partial charge is 0.481 e. The normalized spacial score (nSPS) is 13.5. The predicted molar refractivity (Wildman–Crippen MR) is 189 cm³/mol. The van der Waals surface area contributed by atoms with Crippen LogP contribution in [0.1, 0.15) is 62.0 Å². The Bertz CT molecular complexity index is 1770. The molecule has 0 radical (unpaired) electrons. The number of benzene rings is 3. The van der Waals surface area contributed by atoms with E-state index < -0.39 is 41.4 Å². The van der Waals surface area contributed by atoms with E-state index in [0.717, 1.165) is 11.1 Å². The molecular weight excluding hydrogens is 642 g/mol. The number of esters is 1. The summed E-state index contributed by atoms with van der Waals surface area (Å²) in [6, 6.07) is 17.9. The number of aryl methyl sites for hydroxylation is 1. The number of ketones is 1. The van der Waals surface area contributed by atoms with Crippen LogP contribution in [0.5, 0.6) is 0 Å². The molecule has 1 aliphatic heterocycles. The molecule has 0 spiro atoms. The molecule has 4 amide bonds. The molecule has 1 heterocycles. The van der Waals surface area contributed by atoms with Gasteiger partial charge in [0.1, 0.15) is 6.54 Å². The number of carbonyl (C=O) groups excluding carboxylic acids is 5. The van der Waals surface area contributed by atoms with Crippen molar-refractivity contribution in [3.63, 3.8) is 0 Å². The topological polar surface area (TPSA) is 174 Å². The van der Waals surface area contributed by atoms with E-state index >= 15 is 0 Å². The first-order chi connectivity index (χ1) is 23.7. The summed E-state index contributed by atoms with van der Waals surface area (Å²) in [5.41, 5.74) is 2.64. The Labute approximate surface area is 291 Å². The highest BCUT2D eigenvalue weighted by Gasteiger charge is 2.36. The van der Waals surface area contributed by atoms with Gasteiger partial charge in [-0.1, -0.05) is 30.3 Å². The van der Waals surface area contributed by atoms with Crippen molar-refractivity contribution in [2.24, 2.45) is 0 Å². The third-order valence-corrected chi connectivity index (χ3v) is 8.36. The van der Waals surface area contributed by atoms with E-state index in [2.05, 4.69) is 16.0 Å². The van der Waals surface area contributed by atoms with Gasteiger partial charge < -0.3 is 35.6 Å². The number of nitrogens with zero attached hydrogens (tertiary/aromatic N) is 2. The quantitative estimate of drug-likeness (QED) is 0.165. The van der Waals surface area contributed by atoms with Crippen LogP contribution in [0.3, 0.4) is 0 Å². The van der Waals surface area contributed by atoms with Crippen LogP contribution in [-0.4, -0.2) is 76.9 Å². The molecule has 0 aromatic heterocycles. The standard InChI is InChI=1S/C37H43N5O8/c1-6-50-34(47)17-18-41-30-16-15-27(21-28(30)35(48)42(22-32(41)44)24(3)19-33(45)46)40-37(4,5)31(43)20-25-11-13-26(14-12-25)38-36(49)39-29-10-8-7-9-23(29)2/h7-16,21,24,40H,6,17-20,22H2,1-5H3,(H,45,46)(H2,38,39,49). The van der Waals surface area contributed by atoms with Gasteiger partial charge in [-0.15, -0.1) is 0 Å². The molecule has 1 atom stereocenters. The Kier molecular flexibility index (Phi) is 12.0. The Morgan fingerprint density at radius 3 is 2.30 bits per heavy atom. The zero-order chi connectivity index (χ0) is 36.6. The van der Waals surface area contributed by atoms with Gasteiger partial charge in [-0.2, -0.15) is 0 Å². The molecule has 50 heavy (non-hydrogen) atoms. The second kappa shape index (κ2) is 16.1. The highest BCUT2D eigenvalue weighted by Crippen LogP contribution is 2.31. The molecule has 13 nitrogen and oxygen atoms in total. The number of carboxylic acids is 1. The number of rotatable bonds is 14. The van der Waals surface area contributed by atoms with Crippen molar-refractivity contribution in [1.82, 2.24) is 4.90 Å². The van der Waals surface area contributed by atoms with Gasteiger partial charge in [-0.05, 0) is 82.1 Å². The lowest BCUT2D eigenvalue weighted by molar-refractivity contribution is -0.143. The van der Waals surface area contributed by atoms with Crippen LogP contribution in [0.4, 0.5) is 27.5 Å². The molecule has 1 aliphatic rings. The predicted octanol–water partition coefficient (Wildman–Crippen LogP) is 5.25. The van der Waals surface area contributed by atoms with E-state index in [1.54, 1.807) is 64.1 Å². The number of nitrogens with one attached hydrogen (secondary N) is 3. The molecule has 13 heteroatoms. The Balaban J connectivity index is 1.49. The van der Waals surface area contributed by atoms with E-state index in [0.29, 0.717) is 17.1 Å². The molecule has 0 aliphatic carbocycles. The highest BCUT2D eigenvalue weighted by atomic mass is 16.5. The number of para-hydroxylation sites is 1. The monoisotopic (exact) mass is 685 g/mol. The van der Waals surface area contributed by atoms with E-state index in [9.17, 15) is 33.9 Å². The molecule has 0 fully saturated rings. The van der Waals surface area contributed by atoms with Crippen molar-refractivity contribution in [2.45, 2.75) is 65.5 Å². The van der Waals surface area contributed by atoms with Crippen LogP contribution in [0.15, 0.2) is 66.7 Å². The number of urea groups is 1. The van der Waals surface area contributed by atoms with Crippen molar-refractivity contribution >= 4 is 58.3 Å². The SMILES string of the molecule is CCOC(=O)CCN1C(=O)CN(C(C)CC(=O)O)C(=O)c2cc(NC(C)(C)C(=O)Cc3ccc(NC(=O)Nc4ccccc4C)cc3)ccc21. The van der Waals surface area contributed by atoms with Gasteiger partial charge in [0.05, 0.1) is 36.2 Å². The summed E-state index contributed by atoms with van der Waals surface area (Å²) in [7, 11) is 0. The number of carboxylic acid groups (broad SMARTS) is 1. The third kappa shape index (κ3) is 9.46. The van der Waals surface area contributed by atoms with Crippen LogP contribution in [0.2, 0.25) is 0 Å². The van der Waals surface area contributed by atoms with Gasteiger partial charge in [0, 0.05) is 36.1 Å². The zero-order valence-corrected chi connectivity index (χ0v) is 28.9. The Morgan fingerprint density at radius 2 is 1.64 bits per heavy atom. The van der Waals surface area contributed by atoms with Crippen molar-refractivity contribution in [3.8, 4) is 0 Å². The Morgan fingerprint density at radius 1 is 0.960 bits per heavy atom. The minimum atomic E-state index is -1.12. The first-order valence-corrected chi connectivity index (χ1v) is 16.3. The summed E-state index contributed by atoms with van der Waals surface area (Å²) in [6.45, 7) is 8.33.